The van der Waals surface area contributed by atoms with Crippen LogP contribution in [0.1, 0.15) is 18.4 Å². The van der Waals surface area contributed by atoms with E-state index >= 15 is 0 Å². The molecule has 2 N–H and O–H groups in total. The third-order valence-corrected chi connectivity index (χ3v) is 3.03. The quantitative estimate of drug-likeness (QED) is 0.629. The van der Waals surface area contributed by atoms with E-state index in [9.17, 15) is 14.9 Å². The number of rotatable bonds is 3. The van der Waals surface area contributed by atoms with Gasteiger partial charge in [0.15, 0.2) is 0 Å². The van der Waals surface area contributed by atoms with Crippen LogP contribution in [0.25, 0.3) is 0 Å². The van der Waals surface area contributed by atoms with Gasteiger partial charge in [-0.3, -0.25) is 14.9 Å². The zero-order valence-corrected chi connectivity index (χ0v) is 10.1. The number of carbonyl (C=O) groups is 1. The zero-order valence-electron chi connectivity index (χ0n) is 10.1. The predicted molar refractivity (Wildman–Crippen MR) is 67.5 cm³/mol. The minimum Gasteiger partial charge on any atom is -0.373 e. The highest BCUT2D eigenvalue weighted by atomic mass is 16.6. The van der Waals surface area contributed by atoms with E-state index in [1.165, 1.54) is 6.07 Å². The number of carbonyl (C=O) groups excluding carboxylic acids is 1. The Balaban J connectivity index is 2.16. The van der Waals surface area contributed by atoms with Crippen LogP contribution in [0, 0.1) is 17.0 Å². The zero-order chi connectivity index (χ0) is 13.1. The molecule has 1 aliphatic rings. The Bertz CT molecular complexity index is 487. The summed E-state index contributed by atoms with van der Waals surface area (Å²) in [6.07, 6.45) is 1.66. The average Bonchev–Trinajstić information content (AvgIpc) is 2.34. The molecule has 1 amide bonds. The van der Waals surface area contributed by atoms with E-state index in [4.69, 9.17) is 0 Å². The first-order valence-corrected chi connectivity index (χ1v) is 5.87. The molecule has 1 unspecified atom stereocenters. The number of nitro groups is 1. The highest BCUT2D eigenvalue weighted by Crippen LogP contribution is 2.23. The Morgan fingerprint density at radius 2 is 2.28 bits per heavy atom. The molecule has 0 aliphatic carbocycles. The summed E-state index contributed by atoms with van der Waals surface area (Å²) in [5, 5.41) is 16.6. The van der Waals surface area contributed by atoms with Gasteiger partial charge in [-0.1, -0.05) is 6.07 Å². The monoisotopic (exact) mass is 249 g/mol. The first-order chi connectivity index (χ1) is 8.58. The molecule has 1 aromatic carbocycles. The summed E-state index contributed by atoms with van der Waals surface area (Å²) in [5.41, 5.74) is 1.28. The van der Waals surface area contributed by atoms with Crippen LogP contribution >= 0.6 is 0 Å². The van der Waals surface area contributed by atoms with E-state index in [-0.39, 0.29) is 17.6 Å². The minimum atomic E-state index is -0.415. The molecular formula is C12H15N3O3. The number of hydrogen-bond donors (Lipinski definition) is 2. The molecule has 0 spiro atoms. The van der Waals surface area contributed by atoms with Gasteiger partial charge in [-0.2, -0.15) is 0 Å². The van der Waals surface area contributed by atoms with Gasteiger partial charge in [-0.25, -0.2) is 0 Å². The van der Waals surface area contributed by atoms with E-state index < -0.39 is 4.92 Å². The van der Waals surface area contributed by atoms with E-state index in [0.29, 0.717) is 17.8 Å². The molecule has 1 aliphatic heterocycles. The average molecular weight is 249 g/mol. The molecule has 1 heterocycles. The third-order valence-electron chi connectivity index (χ3n) is 3.03. The molecule has 96 valence electrons. The van der Waals surface area contributed by atoms with Crippen molar-refractivity contribution in [2.45, 2.75) is 25.8 Å². The van der Waals surface area contributed by atoms with Gasteiger partial charge in [0.1, 0.15) is 6.04 Å². The Kier molecular flexibility index (Phi) is 3.45. The molecule has 6 nitrogen and oxygen atoms in total. The van der Waals surface area contributed by atoms with E-state index in [0.717, 1.165) is 12.8 Å². The molecule has 1 atom stereocenters. The molecule has 2 rings (SSSR count). The van der Waals surface area contributed by atoms with Crippen molar-refractivity contribution < 1.29 is 9.72 Å². The van der Waals surface area contributed by atoms with Gasteiger partial charge in [0.2, 0.25) is 5.91 Å². The molecule has 18 heavy (non-hydrogen) atoms. The van der Waals surface area contributed by atoms with Crippen molar-refractivity contribution in [1.29, 1.82) is 0 Å². The summed E-state index contributed by atoms with van der Waals surface area (Å²) >= 11 is 0. The third kappa shape index (κ3) is 2.58. The second-order valence-electron chi connectivity index (χ2n) is 4.39. The van der Waals surface area contributed by atoms with Gasteiger partial charge in [0, 0.05) is 23.9 Å². The normalized spacial score (nSPS) is 19.2. The lowest BCUT2D eigenvalue weighted by Crippen LogP contribution is -2.44. The fourth-order valence-electron chi connectivity index (χ4n) is 2.01. The number of nitrogens with one attached hydrogen (secondary N) is 2. The van der Waals surface area contributed by atoms with Gasteiger partial charge in [0.25, 0.3) is 5.69 Å². The van der Waals surface area contributed by atoms with Gasteiger partial charge >= 0.3 is 0 Å². The summed E-state index contributed by atoms with van der Waals surface area (Å²) < 4.78 is 0. The molecule has 0 radical (unpaired) electrons. The maximum absolute atomic E-state index is 11.6. The largest absolute Gasteiger partial charge is 0.373 e. The van der Waals surface area contributed by atoms with Gasteiger partial charge < -0.3 is 10.6 Å². The molecule has 0 saturated carbocycles. The number of aryl methyl sites for hydroxylation is 1. The van der Waals surface area contributed by atoms with Crippen molar-refractivity contribution in [2.24, 2.45) is 0 Å². The maximum atomic E-state index is 11.6. The number of benzene rings is 1. The summed E-state index contributed by atoms with van der Waals surface area (Å²) in [5.74, 6) is -0.0514. The lowest BCUT2D eigenvalue weighted by molar-refractivity contribution is -0.385. The first kappa shape index (κ1) is 12.3. The molecule has 0 aromatic heterocycles. The Morgan fingerprint density at radius 3 is 2.94 bits per heavy atom. The standard InChI is InChI=1S/C12H15N3O3/c1-8-4-5-9(7-11(8)15(17)18)14-10-3-2-6-13-12(10)16/h4-5,7,10,14H,2-3,6H2,1H3,(H,13,16). The van der Waals surface area contributed by atoms with Crippen LogP contribution < -0.4 is 10.6 Å². The van der Waals surface area contributed by atoms with Crippen molar-refractivity contribution in [1.82, 2.24) is 5.32 Å². The summed E-state index contributed by atoms with van der Waals surface area (Å²) in [6, 6.07) is 4.60. The second-order valence-corrected chi connectivity index (χ2v) is 4.39. The molecule has 0 bridgehead atoms. The maximum Gasteiger partial charge on any atom is 0.274 e. The van der Waals surface area contributed by atoms with Crippen LogP contribution in [0.3, 0.4) is 0 Å². The molecule has 1 saturated heterocycles. The van der Waals surface area contributed by atoms with Gasteiger partial charge in [-0.15, -0.1) is 0 Å². The van der Waals surface area contributed by atoms with Crippen LogP contribution in [-0.2, 0) is 4.79 Å². The SMILES string of the molecule is Cc1ccc(NC2CCCNC2=O)cc1[N+](=O)[O-]. The van der Waals surface area contributed by atoms with Crippen LogP contribution in [0.5, 0.6) is 0 Å². The molecule has 1 fully saturated rings. The van der Waals surface area contributed by atoms with Crippen molar-refractivity contribution in [3.63, 3.8) is 0 Å². The number of nitrogens with zero attached hydrogens (tertiary/aromatic N) is 1. The molecule has 6 heteroatoms. The summed E-state index contributed by atoms with van der Waals surface area (Å²) in [6.45, 7) is 2.39. The number of amides is 1. The molecular weight excluding hydrogens is 234 g/mol. The Morgan fingerprint density at radius 1 is 1.50 bits per heavy atom. The first-order valence-electron chi connectivity index (χ1n) is 5.87. The summed E-state index contributed by atoms with van der Waals surface area (Å²) in [7, 11) is 0. The number of piperidine rings is 1. The lowest BCUT2D eigenvalue weighted by Gasteiger charge is -2.23. The van der Waals surface area contributed by atoms with E-state index in [1.54, 1.807) is 19.1 Å². The number of anilines is 1. The van der Waals surface area contributed by atoms with Crippen molar-refractivity contribution in [3.8, 4) is 0 Å². The van der Waals surface area contributed by atoms with Crippen LogP contribution in [0.2, 0.25) is 0 Å². The Labute approximate surface area is 105 Å². The lowest BCUT2D eigenvalue weighted by atomic mass is 10.1. The smallest absolute Gasteiger partial charge is 0.274 e. The van der Waals surface area contributed by atoms with E-state index in [2.05, 4.69) is 10.6 Å². The van der Waals surface area contributed by atoms with Gasteiger partial charge in [-0.05, 0) is 25.8 Å². The van der Waals surface area contributed by atoms with Crippen LogP contribution in [0.4, 0.5) is 11.4 Å². The predicted octanol–water partition coefficient (Wildman–Crippen LogP) is 1.59. The van der Waals surface area contributed by atoms with Gasteiger partial charge in [0.05, 0.1) is 4.92 Å². The van der Waals surface area contributed by atoms with Crippen LogP contribution in [0.15, 0.2) is 18.2 Å². The van der Waals surface area contributed by atoms with Crippen molar-refractivity contribution in [2.75, 3.05) is 11.9 Å². The fourth-order valence-corrected chi connectivity index (χ4v) is 2.01. The second kappa shape index (κ2) is 5.03. The number of hydrogen-bond acceptors (Lipinski definition) is 4. The highest BCUT2D eigenvalue weighted by molar-refractivity contribution is 5.85. The summed E-state index contributed by atoms with van der Waals surface area (Å²) in [4.78, 5) is 22.0. The van der Waals surface area contributed by atoms with Crippen molar-refractivity contribution >= 4 is 17.3 Å². The topological polar surface area (TPSA) is 84.3 Å². The fraction of sp³-hybridized carbons (Fsp3) is 0.417. The highest BCUT2D eigenvalue weighted by Gasteiger charge is 2.22. The minimum absolute atomic E-state index is 0.0514. The number of nitro benzene ring substituents is 1. The van der Waals surface area contributed by atoms with Crippen molar-refractivity contribution in [3.05, 3.63) is 33.9 Å². The van der Waals surface area contributed by atoms with E-state index in [1.807, 2.05) is 0 Å². The molecule has 1 aromatic rings. The Hall–Kier alpha value is -2.11. The van der Waals surface area contributed by atoms with Crippen LogP contribution in [-0.4, -0.2) is 23.4 Å².